The fourth-order valence-electron chi connectivity index (χ4n) is 1.76. The summed E-state index contributed by atoms with van der Waals surface area (Å²) in [5, 5.41) is 14.7. The van der Waals surface area contributed by atoms with Gasteiger partial charge in [-0.2, -0.15) is 15.1 Å². The number of nitrogen functional groups attached to an aromatic ring is 1. The van der Waals surface area contributed by atoms with Crippen molar-refractivity contribution >= 4 is 11.5 Å². The van der Waals surface area contributed by atoms with Crippen molar-refractivity contribution in [2.45, 2.75) is 0 Å². The van der Waals surface area contributed by atoms with Gasteiger partial charge in [-0.25, -0.2) is 4.68 Å². The summed E-state index contributed by atoms with van der Waals surface area (Å²) in [7, 11) is 0. The molecule has 1 aromatic carbocycles. The summed E-state index contributed by atoms with van der Waals surface area (Å²) in [6, 6.07) is 8.78. The third-order valence-electron chi connectivity index (χ3n) is 2.79. The molecule has 2 N–H and O–H groups in total. The monoisotopic (exact) mass is 298 g/mol. The van der Waals surface area contributed by atoms with Gasteiger partial charge >= 0.3 is 11.7 Å². The van der Waals surface area contributed by atoms with E-state index >= 15 is 0 Å². The van der Waals surface area contributed by atoms with Crippen molar-refractivity contribution in [1.82, 2.24) is 19.7 Å². The normalized spacial score (nSPS) is 10.4. The number of hydrogen-bond donors (Lipinski definition) is 1. The van der Waals surface area contributed by atoms with Crippen LogP contribution in [0, 0.1) is 10.1 Å². The van der Waals surface area contributed by atoms with Gasteiger partial charge in [0, 0.05) is 12.4 Å². The molecule has 9 nitrogen and oxygen atoms in total. The Hall–Kier alpha value is -3.49. The minimum atomic E-state index is -0.655. The Labute approximate surface area is 124 Å². The molecule has 0 aliphatic carbocycles. The first-order valence-electron chi connectivity index (χ1n) is 6.18. The molecule has 0 aliphatic rings. The predicted molar refractivity (Wildman–Crippen MR) is 76.7 cm³/mol. The van der Waals surface area contributed by atoms with E-state index in [1.807, 2.05) is 12.3 Å². The van der Waals surface area contributed by atoms with Crippen LogP contribution in [-0.2, 0) is 0 Å². The molecule has 0 aliphatic heterocycles. The zero-order valence-corrected chi connectivity index (χ0v) is 11.2. The molecule has 3 rings (SSSR count). The van der Waals surface area contributed by atoms with Crippen LogP contribution in [0.25, 0.3) is 5.69 Å². The van der Waals surface area contributed by atoms with E-state index < -0.39 is 4.92 Å². The number of nitro groups is 1. The standard InChI is InChI=1S/C13H10N6O3/c14-12-11(19(20)21)8-15-13(17-12)22-10-4-2-9(3-5-10)18-7-1-6-16-18/h1-8H,(H2,14,15,17). The summed E-state index contributed by atoms with van der Waals surface area (Å²) in [4.78, 5) is 17.5. The van der Waals surface area contributed by atoms with Crippen molar-refractivity contribution in [2.24, 2.45) is 0 Å². The zero-order valence-electron chi connectivity index (χ0n) is 11.2. The number of hydrogen-bond acceptors (Lipinski definition) is 7. The molecule has 0 bridgehead atoms. The number of rotatable bonds is 4. The molecule has 2 heterocycles. The fraction of sp³-hybridized carbons (Fsp3) is 0. The molecule has 0 spiro atoms. The molecule has 3 aromatic rings. The molecule has 2 aromatic heterocycles. The van der Waals surface area contributed by atoms with Crippen molar-refractivity contribution in [3.05, 3.63) is 59.0 Å². The summed E-state index contributed by atoms with van der Waals surface area (Å²) >= 11 is 0. The fourth-order valence-corrected chi connectivity index (χ4v) is 1.76. The van der Waals surface area contributed by atoms with E-state index in [1.54, 1.807) is 35.1 Å². The highest BCUT2D eigenvalue weighted by Crippen LogP contribution is 2.23. The van der Waals surface area contributed by atoms with Gasteiger partial charge in [0.15, 0.2) is 0 Å². The predicted octanol–water partition coefficient (Wildman–Crippen LogP) is 1.94. The van der Waals surface area contributed by atoms with Crippen LogP contribution in [0.4, 0.5) is 11.5 Å². The van der Waals surface area contributed by atoms with Gasteiger partial charge in [0.25, 0.3) is 0 Å². The summed E-state index contributed by atoms with van der Waals surface area (Å²) in [5.41, 5.74) is 5.98. The molecule has 0 saturated heterocycles. The second-order valence-electron chi connectivity index (χ2n) is 4.23. The lowest BCUT2D eigenvalue weighted by Gasteiger charge is -2.06. The van der Waals surface area contributed by atoms with Gasteiger partial charge in [0.2, 0.25) is 5.82 Å². The second kappa shape index (κ2) is 5.48. The summed E-state index contributed by atoms with van der Waals surface area (Å²) < 4.78 is 7.11. The highest BCUT2D eigenvalue weighted by atomic mass is 16.6. The Morgan fingerprint density at radius 1 is 1.27 bits per heavy atom. The third kappa shape index (κ3) is 2.68. The molecule has 0 saturated carbocycles. The largest absolute Gasteiger partial charge is 0.424 e. The van der Waals surface area contributed by atoms with E-state index in [0.717, 1.165) is 11.9 Å². The van der Waals surface area contributed by atoms with Crippen LogP contribution in [0.5, 0.6) is 11.8 Å². The first-order chi connectivity index (χ1) is 10.6. The number of benzene rings is 1. The van der Waals surface area contributed by atoms with Gasteiger partial charge in [-0.3, -0.25) is 10.1 Å². The maximum atomic E-state index is 10.6. The average Bonchev–Trinajstić information content (AvgIpc) is 3.02. The zero-order chi connectivity index (χ0) is 15.5. The van der Waals surface area contributed by atoms with Crippen LogP contribution in [-0.4, -0.2) is 24.7 Å². The van der Waals surface area contributed by atoms with Gasteiger partial charge < -0.3 is 10.5 Å². The Morgan fingerprint density at radius 2 is 2.05 bits per heavy atom. The molecular weight excluding hydrogens is 288 g/mol. The van der Waals surface area contributed by atoms with Gasteiger partial charge in [0.05, 0.1) is 10.6 Å². The Balaban J connectivity index is 1.79. The quantitative estimate of drug-likeness (QED) is 0.576. The number of anilines is 1. The second-order valence-corrected chi connectivity index (χ2v) is 4.23. The van der Waals surface area contributed by atoms with E-state index in [1.165, 1.54) is 0 Å². The van der Waals surface area contributed by atoms with Gasteiger partial charge in [-0.1, -0.05) is 0 Å². The molecule has 0 unspecified atom stereocenters. The average molecular weight is 298 g/mol. The lowest BCUT2D eigenvalue weighted by Crippen LogP contribution is -2.01. The van der Waals surface area contributed by atoms with Crippen LogP contribution in [0.1, 0.15) is 0 Å². The topological polar surface area (TPSA) is 122 Å². The maximum Gasteiger partial charge on any atom is 0.329 e. The van der Waals surface area contributed by atoms with E-state index in [2.05, 4.69) is 15.1 Å². The van der Waals surface area contributed by atoms with Gasteiger partial charge in [0.1, 0.15) is 11.9 Å². The van der Waals surface area contributed by atoms with Crippen molar-refractivity contribution in [3.8, 4) is 17.4 Å². The van der Waals surface area contributed by atoms with Crippen LogP contribution < -0.4 is 10.5 Å². The molecule has 0 atom stereocenters. The summed E-state index contributed by atoms with van der Waals surface area (Å²) in [6.45, 7) is 0. The first-order valence-corrected chi connectivity index (χ1v) is 6.18. The number of aromatic nitrogens is 4. The number of nitrogens with zero attached hydrogens (tertiary/aromatic N) is 5. The highest BCUT2D eigenvalue weighted by Gasteiger charge is 2.15. The lowest BCUT2D eigenvalue weighted by molar-refractivity contribution is -0.384. The van der Waals surface area contributed by atoms with E-state index in [0.29, 0.717) is 5.75 Å². The maximum absolute atomic E-state index is 10.6. The number of nitrogens with two attached hydrogens (primary N) is 1. The lowest BCUT2D eigenvalue weighted by atomic mass is 10.3. The molecular formula is C13H10N6O3. The van der Waals surface area contributed by atoms with Gasteiger partial charge in [-0.15, -0.1) is 0 Å². The molecule has 0 fully saturated rings. The Morgan fingerprint density at radius 3 is 2.64 bits per heavy atom. The smallest absolute Gasteiger partial charge is 0.329 e. The van der Waals surface area contributed by atoms with Crippen molar-refractivity contribution in [2.75, 3.05) is 5.73 Å². The van der Waals surface area contributed by atoms with E-state index in [4.69, 9.17) is 10.5 Å². The molecule has 0 radical (unpaired) electrons. The molecule has 110 valence electrons. The molecule has 22 heavy (non-hydrogen) atoms. The summed E-state index contributed by atoms with van der Waals surface area (Å²) in [5.74, 6) is 0.229. The molecule has 9 heteroatoms. The van der Waals surface area contributed by atoms with E-state index in [-0.39, 0.29) is 17.5 Å². The molecule has 0 amide bonds. The van der Waals surface area contributed by atoms with Gasteiger partial charge in [-0.05, 0) is 30.3 Å². The van der Waals surface area contributed by atoms with Crippen molar-refractivity contribution in [3.63, 3.8) is 0 Å². The minimum Gasteiger partial charge on any atom is -0.424 e. The van der Waals surface area contributed by atoms with Crippen LogP contribution in [0.2, 0.25) is 0 Å². The van der Waals surface area contributed by atoms with E-state index in [9.17, 15) is 10.1 Å². The minimum absolute atomic E-state index is 0.0602. The van der Waals surface area contributed by atoms with Crippen LogP contribution in [0.15, 0.2) is 48.9 Å². The van der Waals surface area contributed by atoms with Crippen molar-refractivity contribution in [1.29, 1.82) is 0 Å². The Kier molecular flexibility index (Phi) is 3.36. The third-order valence-corrected chi connectivity index (χ3v) is 2.79. The first kappa shape index (κ1) is 13.5. The van der Waals surface area contributed by atoms with Crippen LogP contribution >= 0.6 is 0 Å². The van der Waals surface area contributed by atoms with Crippen LogP contribution in [0.3, 0.4) is 0 Å². The SMILES string of the molecule is Nc1nc(Oc2ccc(-n3cccn3)cc2)ncc1[N+](=O)[O-]. The highest BCUT2D eigenvalue weighted by molar-refractivity contribution is 5.51. The number of ether oxygens (including phenoxy) is 1. The van der Waals surface area contributed by atoms with Crippen molar-refractivity contribution < 1.29 is 9.66 Å². The Bertz CT molecular complexity index is 801. The summed E-state index contributed by atoms with van der Waals surface area (Å²) in [6.07, 6.45) is 4.50.